The zero-order valence-electron chi connectivity index (χ0n) is 17.8. The third-order valence-corrected chi connectivity index (χ3v) is 6.44. The molecule has 0 aliphatic carbocycles. The molecule has 1 fully saturated rings. The van der Waals surface area contributed by atoms with Gasteiger partial charge in [0.05, 0.1) is 6.54 Å². The number of anilines is 1. The van der Waals surface area contributed by atoms with Crippen molar-refractivity contribution in [1.82, 2.24) is 15.1 Å². The Bertz CT molecular complexity index is 792. The van der Waals surface area contributed by atoms with Crippen LogP contribution in [0.5, 0.6) is 0 Å². The Balaban J connectivity index is 1.37. The summed E-state index contributed by atoms with van der Waals surface area (Å²) >= 11 is 6.28. The standard InChI is InChI=1S/C22H32ClN5O2/c1-2-30-14-4-10-24-20(29)16-27-12-7-22(8-13-27)26-19-15-17(23)5-6-18(19)21-25-9-3-11-28(21)22/h5-6,15,26H,2-4,7-14,16H2,1H3,(H,24,29). The van der Waals surface area contributed by atoms with Crippen molar-refractivity contribution >= 4 is 29.0 Å². The van der Waals surface area contributed by atoms with Gasteiger partial charge in [-0.05, 0) is 38.0 Å². The first kappa shape index (κ1) is 21.4. The fourth-order valence-corrected chi connectivity index (χ4v) is 4.84. The second-order valence-corrected chi connectivity index (χ2v) is 8.67. The fraction of sp³-hybridized carbons (Fsp3) is 0.636. The van der Waals surface area contributed by atoms with E-state index >= 15 is 0 Å². The molecule has 1 aromatic rings. The van der Waals surface area contributed by atoms with Crippen molar-refractivity contribution in [3.8, 4) is 0 Å². The number of nitrogens with zero attached hydrogens (tertiary/aromatic N) is 3. The summed E-state index contributed by atoms with van der Waals surface area (Å²) in [5, 5.41) is 7.54. The number of benzene rings is 1. The van der Waals surface area contributed by atoms with E-state index < -0.39 is 0 Å². The van der Waals surface area contributed by atoms with Gasteiger partial charge in [-0.1, -0.05) is 11.6 Å². The highest BCUT2D eigenvalue weighted by molar-refractivity contribution is 6.31. The summed E-state index contributed by atoms with van der Waals surface area (Å²) in [5.74, 6) is 1.18. The Kier molecular flexibility index (Phi) is 6.80. The maximum Gasteiger partial charge on any atom is 0.234 e. The Hall–Kier alpha value is -1.83. The van der Waals surface area contributed by atoms with E-state index in [-0.39, 0.29) is 11.6 Å². The van der Waals surface area contributed by atoms with Gasteiger partial charge in [-0.15, -0.1) is 0 Å². The van der Waals surface area contributed by atoms with E-state index in [1.165, 1.54) is 0 Å². The molecule has 1 saturated heterocycles. The summed E-state index contributed by atoms with van der Waals surface area (Å²) in [6.07, 6.45) is 3.81. The molecule has 2 N–H and O–H groups in total. The first-order chi connectivity index (χ1) is 14.6. The number of piperidine rings is 1. The lowest BCUT2D eigenvalue weighted by molar-refractivity contribution is -0.122. The molecule has 164 valence electrons. The minimum atomic E-state index is -0.151. The lowest BCUT2D eigenvalue weighted by Gasteiger charge is -2.54. The number of amides is 1. The number of carbonyl (C=O) groups excluding carboxylic acids is 1. The molecule has 0 atom stereocenters. The monoisotopic (exact) mass is 433 g/mol. The fourth-order valence-electron chi connectivity index (χ4n) is 4.67. The highest BCUT2D eigenvalue weighted by Gasteiger charge is 2.46. The van der Waals surface area contributed by atoms with Crippen LogP contribution < -0.4 is 10.6 Å². The summed E-state index contributed by atoms with van der Waals surface area (Å²) in [4.78, 5) is 21.9. The quantitative estimate of drug-likeness (QED) is 0.647. The number of carbonyl (C=O) groups is 1. The molecule has 30 heavy (non-hydrogen) atoms. The molecule has 3 aliphatic heterocycles. The van der Waals surface area contributed by atoms with Crippen LogP contribution in [0.4, 0.5) is 5.69 Å². The highest BCUT2D eigenvalue weighted by atomic mass is 35.5. The highest BCUT2D eigenvalue weighted by Crippen LogP contribution is 2.40. The number of halogens is 1. The second kappa shape index (κ2) is 9.54. The van der Waals surface area contributed by atoms with E-state index in [1.807, 2.05) is 19.1 Å². The molecule has 4 rings (SSSR count). The van der Waals surface area contributed by atoms with E-state index in [2.05, 4.69) is 26.5 Å². The molecule has 1 aromatic carbocycles. The van der Waals surface area contributed by atoms with Crippen molar-refractivity contribution in [2.75, 3.05) is 57.8 Å². The minimum absolute atomic E-state index is 0.0939. The molecular weight excluding hydrogens is 402 g/mol. The molecule has 0 unspecified atom stereocenters. The average molecular weight is 434 g/mol. The zero-order chi connectivity index (χ0) is 21.0. The predicted molar refractivity (Wildman–Crippen MR) is 120 cm³/mol. The number of hydrogen-bond acceptors (Lipinski definition) is 6. The molecule has 0 radical (unpaired) electrons. The number of ether oxygens (including phenoxy) is 1. The summed E-state index contributed by atoms with van der Waals surface area (Å²) in [6.45, 7) is 8.15. The van der Waals surface area contributed by atoms with Gasteiger partial charge < -0.3 is 20.3 Å². The second-order valence-electron chi connectivity index (χ2n) is 8.23. The van der Waals surface area contributed by atoms with Crippen LogP contribution in [0.25, 0.3) is 0 Å². The van der Waals surface area contributed by atoms with Crippen molar-refractivity contribution in [2.45, 2.75) is 38.3 Å². The smallest absolute Gasteiger partial charge is 0.234 e. The number of amidine groups is 1. The van der Waals surface area contributed by atoms with Crippen LogP contribution in [0.2, 0.25) is 5.02 Å². The lowest BCUT2D eigenvalue weighted by Crippen LogP contribution is -2.65. The van der Waals surface area contributed by atoms with Gasteiger partial charge >= 0.3 is 0 Å². The van der Waals surface area contributed by atoms with Crippen molar-refractivity contribution in [3.63, 3.8) is 0 Å². The van der Waals surface area contributed by atoms with Crippen LogP contribution in [-0.2, 0) is 9.53 Å². The number of hydrogen-bond donors (Lipinski definition) is 2. The Morgan fingerprint density at radius 3 is 2.97 bits per heavy atom. The van der Waals surface area contributed by atoms with E-state index in [0.29, 0.717) is 19.7 Å². The minimum Gasteiger partial charge on any atom is -0.382 e. The topological polar surface area (TPSA) is 69.2 Å². The maximum atomic E-state index is 12.3. The van der Waals surface area contributed by atoms with E-state index in [1.54, 1.807) is 0 Å². The Labute approximate surface area is 183 Å². The number of nitrogens with one attached hydrogen (secondary N) is 2. The van der Waals surface area contributed by atoms with Gasteiger partial charge in [0, 0.05) is 75.1 Å². The van der Waals surface area contributed by atoms with E-state index in [0.717, 1.165) is 80.6 Å². The van der Waals surface area contributed by atoms with Gasteiger partial charge in [-0.3, -0.25) is 14.7 Å². The predicted octanol–water partition coefficient (Wildman–Crippen LogP) is 2.55. The molecule has 1 spiro atoms. The van der Waals surface area contributed by atoms with Crippen LogP contribution in [0, 0.1) is 0 Å². The van der Waals surface area contributed by atoms with Crippen LogP contribution in [0.3, 0.4) is 0 Å². The van der Waals surface area contributed by atoms with Gasteiger partial charge in [0.2, 0.25) is 5.91 Å². The van der Waals surface area contributed by atoms with Gasteiger partial charge in [0.15, 0.2) is 0 Å². The SMILES string of the molecule is CCOCCCNC(=O)CN1CCC2(CC1)Nc1cc(Cl)ccc1C1=NCCCN12. The van der Waals surface area contributed by atoms with E-state index in [9.17, 15) is 4.79 Å². The van der Waals surface area contributed by atoms with Crippen LogP contribution >= 0.6 is 11.6 Å². The first-order valence-corrected chi connectivity index (χ1v) is 11.5. The third kappa shape index (κ3) is 4.58. The lowest BCUT2D eigenvalue weighted by atomic mass is 9.89. The van der Waals surface area contributed by atoms with Gasteiger partial charge in [0.25, 0.3) is 0 Å². The third-order valence-electron chi connectivity index (χ3n) is 6.21. The number of likely N-dealkylation sites (tertiary alicyclic amines) is 1. The van der Waals surface area contributed by atoms with Crippen LogP contribution in [-0.4, -0.2) is 79.7 Å². The molecule has 7 nitrogen and oxygen atoms in total. The molecule has 0 bridgehead atoms. The summed E-state index contributed by atoms with van der Waals surface area (Å²) in [5.41, 5.74) is 2.06. The number of fused-ring (bicyclic) bond motifs is 4. The molecule has 0 aromatic heterocycles. The summed E-state index contributed by atoms with van der Waals surface area (Å²) in [7, 11) is 0. The molecule has 3 heterocycles. The van der Waals surface area contributed by atoms with Crippen molar-refractivity contribution in [2.24, 2.45) is 4.99 Å². The zero-order valence-corrected chi connectivity index (χ0v) is 18.5. The van der Waals surface area contributed by atoms with Crippen LogP contribution in [0.15, 0.2) is 23.2 Å². The molecule has 3 aliphatic rings. The normalized spacial score (nSPS) is 20.2. The largest absolute Gasteiger partial charge is 0.382 e. The summed E-state index contributed by atoms with van der Waals surface area (Å²) in [6, 6.07) is 6.01. The van der Waals surface area contributed by atoms with Gasteiger partial charge in [-0.2, -0.15) is 0 Å². The van der Waals surface area contributed by atoms with E-state index in [4.69, 9.17) is 21.3 Å². The van der Waals surface area contributed by atoms with Crippen LogP contribution in [0.1, 0.15) is 38.2 Å². The van der Waals surface area contributed by atoms with Gasteiger partial charge in [0.1, 0.15) is 11.5 Å². The molecule has 8 heteroatoms. The molecular formula is C22H32ClN5O2. The van der Waals surface area contributed by atoms with Gasteiger partial charge in [-0.25, -0.2) is 0 Å². The summed E-state index contributed by atoms with van der Waals surface area (Å²) < 4.78 is 5.31. The van der Waals surface area contributed by atoms with Crippen molar-refractivity contribution in [1.29, 1.82) is 0 Å². The number of aliphatic imine (C=N–C) groups is 1. The average Bonchev–Trinajstić information content (AvgIpc) is 2.75. The Morgan fingerprint density at radius 2 is 2.17 bits per heavy atom. The Morgan fingerprint density at radius 1 is 1.33 bits per heavy atom. The van der Waals surface area contributed by atoms with Crippen molar-refractivity contribution in [3.05, 3.63) is 28.8 Å². The van der Waals surface area contributed by atoms with Crippen molar-refractivity contribution < 1.29 is 9.53 Å². The molecule has 0 saturated carbocycles. The number of rotatable bonds is 7. The first-order valence-electron chi connectivity index (χ1n) is 11.1. The maximum absolute atomic E-state index is 12.3. The molecule has 1 amide bonds.